The first kappa shape index (κ1) is 15.7. The number of carbonyl (C=O) groups excluding carboxylic acids is 2. The summed E-state index contributed by atoms with van der Waals surface area (Å²) in [5, 5.41) is 0. The lowest BCUT2D eigenvalue weighted by Crippen LogP contribution is -2.43. The van der Waals surface area contributed by atoms with Crippen LogP contribution in [0.4, 0.5) is 0 Å². The van der Waals surface area contributed by atoms with Gasteiger partial charge in [0.05, 0.1) is 7.11 Å². The van der Waals surface area contributed by atoms with Gasteiger partial charge in [-0.1, -0.05) is 12.1 Å². The number of benzene rings is 2. The lowest BCUT2D eigenvalue weighted by molar-refractivity contribution is -0.141. The number of nitrogens with zero attached hydrogens (tertiary/aromatic N) is 2. The molecule has 0 spiro atoms. The summed E-state index contributed by atoms with van der Waals surface area (Å²) in [5.74, 6) is 1.42. The Bertz CT molecular complexity index is 812. The van der Waals surface area contributed by atoms with Crippen LogP contribution in [0.3, 0.4) is 0 Å². The van der Waals surface area contributed by atoms with Crippen LogP contribution < -0.4 is 9.47 Å². The van der Waals surface area contributed by atoms with Crippen LogP contribution in [0, 0.1) is 0 Å². The number of amidine groups is 1. The van der Waals surface area contributed by atoms with E-state index in [9.17, 15) is 9.59 Å². The van der Waals surface area contributed by atoms with Gasteiger partial charge in [0, 0.05) is 12.6 Å². The zero-order valence-electron chi connectivity index (χ0n) is 13.4. The Hall–Kier alpha value is -3.15. The lowest BCUT2D eigenvalue weighted by atomic mass is 10.1. The van der Waals surface area contributed by atoms with Crippen LogP contribution in [-0.2, 0) is 9.59 Å². The summed E-state index contributed by atoms with van der Waals surface area (Å²) >= 11 is 0. The molecule has 1 aliphatic heterocycles. The fourth-order valence-corrected chi connectivity index (χ4v) is 2.37. The van der Waals surface area contributed by atoms with E-state index >= 15 is 0 Å². The van der Waals surface area contributed by atoms with Crippen LogP contribution in [0.25, 0.3) is 0 Å². The van der Waals surface area contributed by atoms with Crippen molar-refractivity contribution < 1.29 is 19.1 Å². The number of Topliss-reactive ketones (excluding diaryl/α,β-unsaturated/α-hetero) is 1. The zero-order valence-corrected chi connectivity index (χ0v) is 13.4. The standard InChI is InChI=1S/C18H16N2O4/c1-20-17(19-11-16(21)18(20)22)12-4-3-5-15(10-12)24-14-8-6-13(23-2)7-9-14/h3-10H,11H2,1-2H3. The molecule has 0 saturated heterocycles. The molecular formula is C18H16N2O4. The van der Waals surface area contributed by atoms with Crippen molar-refractivity contribution in [2.45, 2.75) is 0 Å². The Labute approximate surface area is 139 Å². The molecule has 0 radical (unpaired) electrons. The van der Waals surface area contributed by atoms with Crippen LogP contribution in [0.5, 0.6) is 17.2 Å². The van der Waals surface area contributed by atoms with Gasteiger partial charge in [-0.15, -0.1) is 0 Å². The fraction of sp³-hybridized carbons (Fsp3) is 0.167. The van der Waals surface area contributed by atoms with Crippen molar-refractivity contribution in [3.05, 3.63) is 54.1 Å². The van der Waals surface area contributed by atoms with Gasteiger partial charge in [0.25, 0.3) is 5.91 Å². The van der Waals surface area contributed by atoms with E-state index in [2.05, 4.69) is 4.99 Å². The molecule has 0 atom stereocenters. The Morgan fingerprint density at radius 3 is 2.42 bits per heavy atom. The number of aliphatic imine (C=N–C) groups is 1. The topological polar surface area (TPSA) is 68.2 Å². The molecule has 0 unspecified atom stereocenters. The number of rotatable bonds is 4. The first-order chi connectivity index (χ1) is 11.6. The van der Waals surface area contributed by atoms with Crippen molar-refractivity contribution in [3.63, 3.8) is 0 Å². The maximum absolute atomic E-state index is 11.8. The predicted molar refractivity (Wildman–Crippen MR) is 88.7 cm³/mol. The number of hydrogen-bond acceptors (Lipinski definition) is 5. The SMILES string of the molecule is COc1ccc(Oc2cccc(C3=NCC(=O)C(=O)N3C)c2)cc1. The molecule has 0 fully saturated rings. The summed E-state index contributed by atoms with van der Waals surface area (Å²) in [6, 6.07) is 14.4. The van der Waals surface area contributed by atoms with Crippen molar-refractivity contribution in [2.24, 2.45) is 4.99 Å². The lowest BCUT2D eigenvalue weighted by Gasteiger charge is -2.22. The Morgan fingerprint density at radius 2 is 1.71 bits per heavy atom. The van der Waals surface area contributed by atoms with Gasteiger partial charge < -0.3 is 9.47 Å². The highest BCUT2D eigenvalue weighted by Gasteiger charge is 2.27. The molecule has 2 aromatic carbocycles. The van der Waals surface area contributed by atoms with E-state index in [0.29, 0.717) is 22.9 Å². The molecule has 6 nitrogen and oxygen atoms in total. The minimum absolute atomic E-state index is 0.123. The van der Waals surface area contributed by atoms with Crippen LogP contribution in [0.1, 0.15) is 5.56 Å². The minimum atomic E-state index is -0.554. The van der Waals surface area contributed by atoms with Gasteiger partial charge in [-0.25, -0.2) is 0 Å². The largest absolute Gasteiger partial charge is 0.497 e. The normalized spacial score (nSPS) is 14.4. The van der Waals surface area contributed by atoms with E-state index in [0.717, 1.165) is 5.75 Å². The van der Waals surface area contributed by atoms with Crippen LogP contribution in [-0.4, -0.2) is 43.1 Å². The second-order valence-corrected chi connectivity index (χ2v) is 5.23. The van der Waals surface area contributed by atoms with Crippen LogP contribution in [0.2, 0.25) is 0 Å². The summed E-state index contributed by atoms with van der Waals surface area (Å²) in [7, 11) is 3.14. The third-order valence-electron chi connectivity index (χ3n) is 3.62. The molecule has 1 heterocycles. The summed E-state index contributed by atoms with van der Waals surface area (Å²) in [5.41, 5.74) is 0.712. The smallest absolute Gasteiger partial charge is 0.297 e. The molecule has 3 rings (SSSR count). The van der Waals surface area contributed by atoms with Gasteiger partial charge in [-0.05, 0) is 36.4 Å². The Morgan fingerprint density at radius 1 is 1.00 bits per heavy atom. The summed E-state index contributed by atoms with van der Waals surface area (Å²) in [6.07, 6.45) is 0. The summed E-state index contributed by atoms with van der Waals surface area (Å²) < 4.78 is 10.9. The minimum Gasteiger partial charge on any atom is -0.497 e. The molecule has 2 aromatic rings. The number of methoxy groups -OCH3 is 1. The Balaban J connectivity index is 1.84. The number of carbonyl (C=O) groups is 2. The number of likely N-dealkylation sites (N-methyl/N-ethyl adjacent to an activating group) is 1. The predicted octanol–water partition coefficient (Wildman–Crippen LogP) is 2.28. The van der Waals surface area contributed by atoms with E-state index in [1.807, 2.05) is 30.3 Å². The molecular weight excluding hydrogens is 308 g/mol. The fourth-order valence-electron chi connectivity index (χ4n) is 2.37. The van der Waals surface area contributed by atoms with E-state index < -0.39 is 11.7 Å². The van der Waals surface area contributed by atoms with Crippen molar-refractivity contribution in [1.82, 2.24) is 4.90 Å². The quantitative estimate of drug-likeness (QED) is 0.809. The van der Waals surface area contributed by atoms with Gasteiger partial charge in [-0.3, -0.25) is 19.5 Å². The molecule has 0 N–H and O–H groups in total. The van der Waals surface area contributed by atoms with Gasteiger partial charge in [0.2, 0.25) is 5.78 Å². The van der Waals surface area contributed by atoms with Gasteiger partial charge in [0.1, 0.15) is 29.6 Å². The molecule has 0 bridgehead atoms. The monoisotopic (exact) mass is 324 g/mol. The summed E-state index contributed by atoms with van der Waals surface area (Å²) in [4.78, 5) is 28.7. The number of ether oxygens (including phenoxy) is 2. The third-order valence-corrected chi connectivity index (χ3v) is 3.62. The maximum atomic E-state index is 11.8. The molecule has 122 valence electrons. The van der Waals surface area contributed by atoms with E-state index in [4.69, 9.17) is 9.47 Å². The molecule has 6 heteroatoms. The second-order valence-electron chi connectivity index (χ2n) is 5.23. The molecule has 24 heavy (non-hydrogen) atoms. The first-order valence-electron chi connectivity index (χ1n) is 7.36. The van der Waals surface area contributed by atoms with Gasteiger partial charge in [0.15, 0.2) is 0 Å². The molecule has 1 aliphatic rings. The number of ketones is 1. The van der Waals surface area contributed by atoms with Crippen LogP contribution in [0.15, 0.2) is 53.5 Å². The van der Waals surface area contributed by atoms with Crippen LogP contribution >= 0.6 is 0 Å². The number of hydrogen-bond donors (Lipinski definition) is 0. The van der Waals surface area contributed by atoms with E-state index in [-0.39, 0.29) is 6.54 Å². The zero-order chi connectivity index (χ0) is 17.1. The van der Waals surface area contributed by atoms with E-state index in [1.54, 1.807) is 25.3 Å². The Kier molecular flexibility index (Phi) is 4.29. The van der Waals surface area contributed by atoms with Crippen molar-refractivity contribution in [3.8, 4) is 17.2 Å². The molecule has 1 amide bonds. The number of amides is 1. The second kappa shape index (κ2) is 6.54. The summed E-state index contributed by atoms with van der Waals surface area (Å²) in [6.45, 7) is -0.123. The molecule has 0 saturated carbocycles. The average Bonchev–Trinajstić information content (AvgIpc) is 2.61. The average molecular weight is 324 g/mol. The molecule has 0 aliphatic carbocycles. The van der Waals surface area contributed by atoms with Crippen molar-refractivity contribution in [2.75, 3.05) is 20.7 Å². The molecule has 0 aromatic heterocycles. The highest BCUT2D eigenvalue weighted by Crippen LogP contribution is 2.25. The van der Waals surface area contributed by atoms with Crippen molar-refractivity contribution >= 4 is 17.5 Å². The highest BCUT2D eigenvalue weighted by molar-refractivity contribution is 6.42. The highest BCUT2D eigenvalue weighted by atomic mass is 16.5. The first-order valence-corrected chi connectivity index (χ1v) is 7.36. The van der Waals surface area contributed by atoms with Gasteiger partial charge in [-0.2, -0.15) is 0 Å². The third kappa shape index (κ3) is 3.12. The van der Waals surface area contributed by atoms with Gasteiger partial charge >= 0.3 is 0 Å². The van der Waals surface area contributed by atoms with Crippen molar-refractivity contribution in [1.29, 1.82) is 0 Å². The van der Waals surface area contributed by atoms with E-state index in [1.165, 1.54) is 11.9 Å². The maximum Gasteiger partial charge on any atom is 0.297 e.